The zero-order valence-corrected chi connectivity index (χ0v) is 11.7. The molecule has 0 aliphatic carbocycles. The van der Waals surface area contributed by atoms with Crippen LogP contribution >= 0.6 is 15.9 Å². The van der Waals surface area contributed by atoms with Gasteiger partial charge in [-0.1, -0.05) is 6.92 Å². The summed E-state index contributed by atoms with van der Waals surface area (Å²) < 4.78 is 6.55. The molecule has 0 fully saturated rings. The fourth-order valence-electron chi connectivity index (χ4n) is 1.86. The lowest BCUT2D eigenvalue weighted by atomic mass is 10.1. The summed E-state index contributed by atoms with van der Waals surface area (Å²) in [5.74, 6) is 1.22. The molecule has 0 saturated heterocycles. The molecule has 0 atom stereocenters. The SMILES string of the molecule is CCCN1C(=O)C(C)(C)Oc2cc(Br)cnc21. The van der Waals surface area contributed by atoms with Crippen molar-refractivity contribution in [2.75, 3.05) is 11.4 Å². The maximum absolute atomic E-state index is 12.2. The van der Waals surface area contributed by atoms with Crippen LogP contribution < -0.4 is 9.64 Å². The Kier molecular flexibility index (Phi) is 3.12. The number of hydrogen-bond donors (Lipinski definition) is 0. The highest BCUT2D eigenvalue weighted by molar-refractivity contribution is 9.10. The standard InChI is InChI=1S/C12H15BrN2O2/c1-4-5-15-10-9(6-8(13)7-14-10)17-12(2,3)11(15)16/h6-7H,4-5H2,1-3H3. The summed E-state index contributed by atoms with van der Waals surface area (Å²) in [5.41, 5.74) is -0.829. The quantitative estimate of drug-likeness (QED) is 0.843. The van der Waals surface area contributed by atoms with Crippen molar-refractivity contribution in [3.05, 3.63) is 16.7 Å². The van der Waals surface area contributed by atoms with Crippen LogP contribution in [0.15, 0.2) is 16.7 Å². The third kappa shape index (κ3) is 2.16. The molecule has 0 N–H and O–H groups in total. The molecule has 0 spiro atoms. The number of fused-ring (bicyclic) bond motifs is 1. The van der Waals surface area contributed by atoms with Crippen LogP contribution in [0.3, 0.4) is 0 Å². The number of pyridine rings is 1. The van der Waals surface area contributed by atoms with E-state index in [-0.39, 0.29) is 5.91 Å². The largest absolute Gasteiger partial charge is 0.474 e. The smallest absolute Gasteiger partial charge is 0.271 e. The van der Waals surface area contributed by atoms with Crippen LogP contribution in [0.2, 0.25) is 0 Å². The highest BCUT2D eigenvalue weighted by Crippen LogP contribution is 2.37. The molecule has 0 unspecified atom stereocenters. The normalized spacial score (nSPS) is 17.6. The first-order valence-electron chi connectivity index (χ1n) is 5.62. The summed E-state index contributed by atoms with van der Waals surface area (Å²) in [6.45, 7) is 6.26. The van der Waals surface area contributed by atoms with E-state index in [1.54, 1.807) is 24.9 Å². The lowest BCUT2D eigenvalue weighted by molar-refractivity contribution is -0.132. The third-order valence-electron chi connectivity index (χ3n) is 2.63. The molecule has 1 aromatic heterocycles. The summed E-state index contributed by atoms with van der Waals surface area (Å²) in [4.78, 5) is 18.2. The molecule has 4 nitrogen and oxygen atoms in total. The number of carbonyl (C=O) groups is 1. The van der Waals surface area contributed by atoms with Gasteiger partial charge in [-0.05, 0) is 42.3 Å². The first-order chi connectivity index (χ1) is 7.95. The van der Waals surface area contributed by atoms with Gasteiger partial charge in [-0.15, -0.1) is 0 Å². The molecule has 1 aliphatic heterocycles. The van der Waals surface area contributed by atoms with E-state index in [0.29, 0.717) is 18.1 Å². The Bertz CT molecular complexity index is 460. The Morgan fingerprint density at radius 3 is 2.88 bits per heavy atom. The second-order valence-corrected chi connectivity index (χ2v) is 5.46. The number of carbonyl (C=O) groups excluding carboxylic acids is 1. The third-order valence-corrected chi connectivity index (χ3v) is 3.06. The van der Waals surface area contributed by atoms with Gasteiger partial charge < -0.3 is 4.74 Å². The van der Waals surface area contributed by atoms with Gasteiger partial charge in [-0.2, -0.15) is 0 Å². The Labute approximate surface area is 109 Å². The highest BCUT2D eigenvalue weighted by atomic mass is 79.9. The molecule has 92 valence electrons. The Balaban J connectivity index is 2.50. The van der Waals surface area contributed by atoms with Crippen molar-refractivity contribution in [3.63, 3.8) is 0 Å². The van der Waals surface area contributed by atoms with Crippen molar-refractivity contribution in [1.82, 2.24) is 4.98 Å². The van der Waals surface area contributed by atoms with E-state index < -0.39 is 5.60 Å². The molecule has 0 bridgehead atoms. The predicted molar refractivity (Wildman–Crippen MR) is 69.3 cm³/mol. The summed E-state index contributed by atoms with van der Waals surface area (Å²) >= 11 is 3.36. The fraction of sp³-hybridized carbons (Fsp3) is 0.500. The van der Waals surface area contributed by atoms with Crippen LogP contribution in [0.5, 0.6) is 5.75 Å². The zero-order chi connectivity index (χ0) is 12.6. The Morgan fingerprint density at radius 2 is 2.24 bits per heavy atom. The number of anilines is 1. The number of ether oxygens (including phenoxy) is 1. The highest BCUT2D eigenvalue weighted by Gasteiger charge is 2.41. The molecule has 1 amide bonds. The zero-order valence-electron chi connectivity index (χ0n) is 10.2. The minimum absolute atomic E-state index is 0.0401. The second-order valence-electron chi connectivity index (χ2n) is 4.54. The molecule has 1 aromatic rings. The summed E-state index contributed by atoms with van der Waals surface area (Å²) in [6.07, 6.45) is 2.56. The van der Waals surface area contributed by atoms with Gasteiger partial charge >= 0.3 is 0 Å². The van der Waals surface area contributed by atoms with Crippen molar-refractivity contribution in [2.24, 2.45) is 0 Å². The van der Waals surface area contributed by atoms with Crippen LogP contribution in [-0.2, 0) is 4.79 Å². The molecule has 2 heterocycles. The molecule has 5 heteroatoms. The maximum atomic E-state index is 12.2. The average Bonchev–Trinajstić information content (AvgIpc) is 2.24. The van der Waals surface area contributed by atoms with Gasteiger partial charge in [0.25, 0.3) is 5.91 Å². The molecular weight excluding hydrogens is 284 g/mol. The number of rotatable bonds is 2. The lowest BCUT2D eigenvalue weighted by Crippen LogP contribution is -2.53. The number of aromatic nitrogens is 1. The number of nitrogens with zero attached hydrogens (tertiary/aromatic N) is 2. The van der Waals surface area contributed by atoms with E-state index in [1.807, 2.05) is 13.0 Å². The molecule has 0 saturated carbocycles. The molecule has 1 aliphatic rings. The summed E-state index contributed by atoms with van der Waals surface area (Å²) in [6, 6.07) is 1.85. The lowest BCUT2D eigenvalue weighted by Gasteiger charge is -2.37. The van der Waals surface area contributed by atoms with Gasteiger partial charge in [0.15, 0.2) is 17.2 Å². The van der Waals surface area contributed by atoms with E-state index in [1.165, 1.54) is 0 Å². The van der Waals surface area contributed by atoms with E-state index >= 15 is 0 Å². The van der Waals surface area contributed by atoms with Crippen molar-refractivity contribution in [2.45, 2.75) is 32.8 Å². The van der Waals surface area contributed by atoms with E-state index in [0.717, 1.165) is 10.9 Å². The van der Waals surface area contributed by atoms with Gasteiger partial charge in [-0.25, -0.2) is 4.98 Å². The number of halogens is 1. The van der Waals surface area contributed by atoms with Gasteiger partial charge in [0.2, 0.25) is 0 Å². The number of amides is 1. The molecule has 17 heavy (non-hydrogen) atoms. The van der Waals surface area contributed by atoms with Crippen molar-refractivity contribution in [1.29, 1.82) is 0 Å². The van der Waals surface area contributed by atoms with Crippen LogP contribution in [0.25, 0.3) is 0 Å². The van der Waals surface area contributed by atoms with Gasteiger partial charge in [0.1, 0.15) is 0 Å². The first kappa shape index (κ1) is 12.4. The van der Waals surface area contributed by atoms with Crippen LogP contribution in [-0.4, -0.2) is 23.0 Å². The average molecular weight is 299 g/mol. The maximum Gasteiger partial charge on any atom is 0.271 e. The van der Waals surface area contributed by atoms with Gasteiger partial charge in [0, 0.05) is 17.2 Å². The minimum Gasteiger partial charge on any atom is -0.474 e. The van der Waals surface area contributed by atoms with Gasteiger partial charge in [0.05, 0.1) is 0 Å². The van der Waals surface area contributed by atoms with E-state index in [9.17, 15) is 4.79 Å². The topological polar surface area (TPSA) is 42.4 Å². The van der Waals surface area contributed by atoms with Crippen molar-refractivity contribution >= 4 is 27.7 Å². The molecule has 2 rings (SSSR count). The Morgan fingerprint density at radius 1 is 1.53 bits per heavy atom. The minimum atomic E-state index is -0.829. The van der Waals surface area contributed by atoms with Crippen LogP contribution in [0.4, 0.5) is 5.82 Å². The Hall–Kier alpha value is -1.10. The van der Waals surface area contributed by atoms with Crippen LogP contribution in [0.1, 0.15) is 27.2 Å². The second kappa shape index (κ2) is 4.29. The van der Waals surface area contributed by atoms with Crippen molar-refractivity contribution < 1.29 is 9.53 Å². The predicted octanol–water partition coefficient (Wildman–Crippen LogP) is 2.76. The molecule has 0 aromatic carbocycles. The monoisotopic (exact) mass is 298 g/mol. The van der Waals surface area contributed by atoms with Crippen molar-refractivity contribution in [3.8, 4) is 5.75 Å². The molecular formula is C12H15BrN2O2. The van der Waals surface area contributed by atoms with E-state index in [2.05, 4.69) is 20.9 Å². The summed E-state index contributed by atoms with van der Waals surface area (Å²) in [5, 5.41) is 0. The molecule has 0 radical (unpaired) electrons. The first-order valence-corrected chi connectivity index (χ1v) is 6.41. The number of hydrogen-bond acceptors (Lipinski definition) is 3. The van der Waals surface area contributed by atoms with Crippen LogP contribution in [0, 0.1) is 0 Å². The van der Waals surface area contributed by atoms with Gasteiger partial charge in [-0.3, -0.25) is 9.69 Å². The summed E-state index contributed by atoms with van der Waals surface area (Å²) in [7, 11) is 0. The fourth-order valence-corrected chi connectivity index (χ4v) is 2.17. The van der Waals surface area contributed by atoms with E-state index in [4.69, 9.17) is 4.74 Å².